The summed E-state index contributed by atoms with van der Waals surface area (Å²) in [6.45, 7) is 6.02. The van der Waals surface area contributed by atoms with Gasteiger partial charge in [-0.1, -0.05) is 13.8 Å². The van der Waals surface area contributed by atoms with Gasteiger partial charge in [-0.05, 0) is 19.3 Å². The zero-order valence-electron chi connectivity index (χ0n) is 9.28. The summed E-state index contributed by atoms with van der Waals surface area (Å²) in [4.78, 5) is 11.5. The number of aromatic nitrogens is 2. The zero-order valence-corrected chi connectivity index (χ0v) is 9.28. The minimum absolute atomic E-state index is 0.111. The van der Waals surface area contributed by atoms with Crippen molar-refractivity contribution < 1.29 is 9.53 Å². The Morgan fingerprint density at radius 2 is 2.27 bits per heavy atom. The van der Waals surface area contributed by atoms with E-state index in [1.54, 1.807) is 0 Å². The summed E-state index contributed by atoms with van der Waals surface area (Å²) in [5.41, 5.74) is 6.07. The first kappa shape index (κ1) is 11.6. The molecule has 0 fully saturated rings. The summed E-state index contributed by atoms with van der Waals surface area (Å²) in [7, 11) is 0. The van der Waals surface area contributed by atoms with E-state index in [0.29, 0.717) is 11.6 Å². The van der Waals surface area contributed by atoms with Crippen molar-refractivity contribution in [2.75, 3.05) is 5.73 Å². The summed E-state index contributed by atoms with van der Waals surface area (Å²) in [5.74, 6) is 0.0464. The van der Waals surface area contributed by atoms with Gasteiger partial charge in [-0.25, -0.2) is 4.79 Å². The minimum Gasteiger partial charge on any atom is -0.458 e. The summed E-state index contributed by atoms with van der Waals surface area (Å²) in [6.07, 6.45) is 2.11. The fourth-order valence-corrected chi connectivity index (χ4v) is 1.41. The lowest BCUT2D eigenvalue weighted by Crippen LogP contribution is -2.18. The van der Waals surface area contributed by atoms with Crippen LogP contribution in [0.4, 0.5) is 5.69 Å². The number of nitrogens with two attached hydrogens (primary N) is 1. The van der Waals surface area contributed by atoms with Crippen LogP contribution in [-0.4, -0.2) is 22.3 Å². The van der Waals surface area contributed by atoms with E-state index in [0.717, 1.165) is 6.42 Å². The van der Waals surface area contributed by atoms with Gasteiger partial charge in [-0.15, -0.1) is 0 Å². The smallest absolute Gasteiger partial charge is 0.358 e. The van der Waals surface area contributed by atoms with Crippen molar-refractivity contribution in [2.45, 2.75) is 33.3 Å². The van der Waals surface area contributed by atoms with Crippen molar-refractivity contribution in [2.24, 2.45) is 5.92 Å². The third kappa shape index (κ3) is 3.27. The fourth-order valence-electron chi connectivity index (χ4n) is 1.41. The van der Waals surface area contributed by atoms with Crippen molar-refractivity contribution >= 4 is 11.7 Å². The van der Waals surface area contributed by atoms with Crippen LogP contribution in [0.5, 0.6) is 0 Å². The lowest BCUT2D eigenvalue weighted by atomic mass is 10.1. The maximum absolute atomic E-state index is 11.5. The molecule has 3 N–H and O–H groups in total. The lowest BCUT2D eigenvalue weighted by molar-refractivity contribution is 0.0294. The molecule has 1 aromatic heterocycles. The Bertz CT molecular complexity index is 333. The molecule has 0 spiro atoms. The standard InChI is InChI=1S/C10H17N3O2/c1-6(2)4-7(3)15-10(14)9-8(11)5-12-13-9/h5-7H,4,11H2,1-3H3,(H,12,13). The molecule has 1 unspecified atom stereocenters. The largest absolute Gasteiger partial charge is 0.458 e. The number of ether oxygens (including phenoxy) is 1. The second-order valence-electron chi connectivity index (χ2n) is 4.05. The van der Waals surface area contributed by atoms with Crippen molar-refractivity contribution in [3.8, 4) is 0 Å². The average Bonchev–Trinajstić information content (AvgIpc) is 2.49. The monoisotopic (exact) mass is 211 g/mol. The molecule has 1 aromatic rings. The van der Waals surface area contributed by atoms with Crippen molar-refractivity contribution in [1.82, 2.24) is 10.2 Å². The first-order chi connectivity index (χ1) is 7.00. The lowest BCUT2D eigenvalue weighted by Gasteiger charge is -2.14. The predicted octanol–water partition coefficient (Wildman–Crippen LogP) is 1.58. The number of aromatic amines is 1. The van der Waals surface area contributed by atoms with E-state index < -0.39 is 5.97 Å². The number of anilines is 1. The van der Waals surface area contributed by atoms with Crippen molar-refractivity contribution in [3.63, 3.8) is 0 Å². The maximum Gasteiger partial charge on any atom is 0.358 e. The Morgan fingerprint density at radius 3 is 2.73 bits per heavy atom. The molecule has 0 bridgehead atoms. The molecule has 0 radical (unpaired) electrons. The third-order valence-corrected chi connectivity index (χ3v) is 1.98. The molecule has 0 saturated heterocycles. The molecular weight excluding hydrogens is 194 g/mol. The molecule has 1 rings (SSSR count). The van der Waals surface area contributed by atoms with E-state index in [1.165, 1.54) is 6.20 Å². The highest BCUT2D eigenvalue weighted by atomic mass is 16.5. The van der Waals surface area contributed by atoms with Gasteiger partial charge in [0.25, 0.3) is 0 Å². The van der Waals surface area contributed by atoms with Gasteiger partial charge in [-0.2, -0.15) is 5.10 Å². The zero-order chi connectivity index (χ0) is 11.4. The van der Waals surface area contributed by atoms with Crippen LogP contribution in [0.3, 0.4) is 0 Å². The van der Waals surface area contributed by atoms with E-state index in [1.807, 2.05) is 6.92 Å². The molecular formula is C10H17N3O2. The molecule has 15 heavy (non-hydrogen) atoms. The molecule has 84 valence electrons. The number of hydrogen-bond donors (Lipinski definition) is 2. The number of nitrogens with zero attached hydrogens (tertiary/aromatic N) is 1. The number of H-pyrrole nitrogens is 1. The van der Waals surface area contributed by atoms with Crippen LogP contribution in [0.1, 0.15) is 37.7 Å². The van der Waals surface area contributed by atoms with E-state index >= 15 is 0 Å². The van der Waals surface area contributed by atoms with Crippen LogP contribution in [0.15, 0.2) is 6.20 Å². The van der Waals surface area contributed by atoms with Gasteiger partial charge in [-0.3, -0.25) is 5.10 Å². The Balaban J connectivity index is 2.53. The molecule has 0 aliphatic rings. The number of carbonyl (C=O) groups is 1. The van der Waals surface area contributed by atoms with Gasteiger partial charge in [0.2, 0.25) is 0 Å². The first-order valence-corrected chi connectivity index (χ1v) is 5.00. The number of carbonyl (C=O) groups excluding carboxylic acids is 1. The van der Waals surface area contributed by atoms with Gasteiger partial charge in [0.15, 0.2) is 5.69 Å². The molecule has 5 heteroatoms. The maximum atomic E-state index is 11.5. The van der Waals surface area contributed by atoms with Crippen LogP contribution in [0.2, 0.25) is 0 Å². The Kier molecular flexibility index (Phi) is 3.71. The van der Waals surface area contributed by atoms with Crippen LogP contribution < -0.4 is 5.73 Å². The average molecular weight is 211 g/mol. The molecule has 1 atom stereocenters. The Labute approximate surface area is 89.0 Å². The Hall–Kier alpha value is -1.52. The van der Waals surface area contributed by atoms with Crippen molar-refractivity contribution in [1.29, 1.82) is 0 Å². The number of rotatable bonds is 4. The van der Waals surface area contributed by atoms with E-state index in [4.69, 9.17) is 10.5 Å². The fraction of sp³-hybridized carbons (Fsp3) is 0.600. The number of nitrogens with one attached hydrogen (secondary N) is 1. The number of hydrogen-bond acceptors (Lipinski definition) is 4. The summed E-state index contributed by atoms with van der Waals surface area (Å²) in [5, 5.41) is 6.17. The highest BCUT2D eigenvalue weighted by molar-refractivity contribution is 5.92. The third-order valence-electron chi connectivity index (χ3n) is 1.98. The molecule has 0 aliphatic carbocycles. The predicted molar refractivity (Wildman–Crippen MR) is 57.3 cm³/mol. The van der Waals surface area contributed by atoms with Gasteiger partial charge in [0.05, 0.1) is 18.0 Å². The molecule has 5 nitrogen and oxygen atoms in total. The van der Waals surface area contributed by atoms with Crippen LogP contribution in [0.25, 0.3) is 0 Å². The Morgan fingerprint density at radius 1 is 1.60 bits per heavy atom. The molecule has 0 aliphatic heterocycles. The van der Waals surface area contributed by atoms with Gasteiger partial charge in [0, 0.05) is 0 Å². The summed E-state index contributed by atoms with van der Waals surface area (Å²) < 4.78 is 5.20. The van der Waals surface area contributed by atoms with Crippen LogP contribution in [-0.2, 0) is 4.74 Å². The quantitative estimate of drug-likeness (QED) is 0.741. The molecule has 0 aromatic carbocycles. The van der Waals surface area contributed by atoms with E-state index in [-0.39, 0.29) is 11.8 Å². The molecule has 0 amide bonds. The second-order valence-corrected chi connectivity index (χ2v) is 4.05. The normalized spacial score (nSPS) is 12.8. The second kappa shape index (κ2) is 4.82. The van der Waals surface area contributed by atoms with Gasteiger partial charge < -0.3 is 10.5 Å². The minimum atomic E-state index is -0.446. The molecule has 1 heterocycles. The summed E-state index contributed by atoms with van der Waals surface area (Å²) >= 11 is 0. The first-order valence-electron chi connectivity index (χ1n) is 5.00. The highest BCUT2D eigenvalue weighted by Gasteiger charge is 2.16. The van der Waals surface area contributed by atoms with E-state index in [9.17, 15) is 4.79 Å². The van der Waals surface area contributed by atoms with Gasteiger partial charge >= 0.3 is 5.97 Å². The SMILES string of the molecule is CC(C)CC(C)OC(=O)c1[nH]ncc1N. The summed E-state index contributed by atoms with van der Waals surface area (Å²) in [6, 6.07) is 0. The van der Waals surface area contributed by atoms with Gasteiger partial charge in [0.1, 0.15) is 0 Å². The van der Waals surface area contributed by atoms with Crippen LogP contribution in [0, 0.1) is 5.92 Å². The number of nitrogen functional groups attached to an aromatic ring is 1. The highest BCUT2D eigenvalue weighted by Crippen LogP contribution is 2.12. The van der Waals surface area contributed by atoms with Crippen LogP contribution >= 0.6 is 0 Å². The topological polar surface area (TPSA) is 81.0 Å². The van der Waals surface area contributed by atoms with E-state index in [2.05, 4.69) is 24.0 Å². The molecule has 0 saturated carbocycles. The number of esters is 1. The van der Waals surface area contributed by atoms with Crippen molar-refractivity contribution in [3.05, 3.63) is 11.9 Å².